The Hall–Kier alpha value is -1.71. The molecular weight excluding hydrogens is 262 g/mol. The molecule has 19 heavy (non-hydrogen) atoms. The molecule has 4 heteroatoms. The van der Waals surface area contributed by atoms with Gasteiger partial charge < -0.3 is 15.2 Å². The van der Waals surface area contributed by atoms with Gasteiger partial charge in [-0.15, -0.1) is 0 Å². The van der Waals surface area contributed by atoms with Crippen molar-refractivity contribution in [1.82, 2.24) is 0 Å². The van der Waals surface area contributed by atoms with Crippen molar-refractivity contribution in [2.45, 2.75) is 0 Å². The molecule has 3 nitrogen and oxygen atoms in total. The average molecular weight is 278 g/mol. The molecule has 0 spiro atoms. The topological polar surface area (TPSA) is 44.5 Å². The number of rotatable bonds is 5. The van der Waals surface area contributed by atoms with Crippen LogP contribution < -0.4 is 10.5 Å². The van der Waals surface area contributed by atoms with Crippen molar-refractivity contribution in [2.24, 2.45) is 0 Å². The first kappa shape index (κ1) is 13.7. The molecule has 0 radical (unpaired) electrons. The summed E-state index contributed by atoms with van der Waals surface area (Å²) in [5.74, 6) is 0.676. The van der Waals surface area contributed by atoms with Gasteiger partial charge in [0.15, 0.2) is 0 Å². The lowest BCUT2D eigenvalue weighted by Gasteiger charge is -2.10. The summed E-state index contributed by atoms with van der Waals surface area (Å²) in [4.78, 5) is 0. The lowest BCUT2D eigenvalue weighted by molar-refractivity contribution is 0.147. The van der Waals surface area contributed by atoms with Gasteiger partial charge in [-0.25, -0.2) is 0 Å². The van der Waals surface area contributed by atoms with Gasteiger partial charge in [0.1, 0.15) is 12.4 Å². The van der Waals surface area contributed by atoms with Crippen molar-refractivity contribution < 1.29 is 9.47 Å². The Bertz CT molecular complexity index is 540. The molecule has 0 aliphatic carbocycles. The smallest absolute Gasteiger partial charge is 0.142 e. The Morgan fingerprint density at radius 1 is 1.00 bits per heavy atom. The van der Waals surface area contributed by atoms with Crippen LogP contribution >= 0.6 is 11.6 Å². The van der Waals surface area contributed by atoms with Crippen LogP contribution in [-0.4, -0.2) is 20.3 Å². The lowest BCUT2D eigenvalue weighted by Crippen LogP contribution is -2.05. The molecule has 0 saturated heterocycles. The van der Waals surface area contributed by atoms with Crippen molar-refractivity contribution in [3.8, 4) is 16.9 Å². The van der Waals surface area contributed by atoms with Gasteiger partial charge >= 0.3 is 0 Å². The van der Waals surface area contributed by atoms with Gasteiger partial charge in [-0.1, -0.05) is 29.8 Å². The normalized spacial score (nSPS) is 10.4. The molecule has 100 valence electrons. The molecule has 2 N–H and O–H groups in total. The standard InChI is InChI=1S/C15H16ClNO2/c1-18-8-9-19-15-7-4-12(10-14(15)17)11-2-5-13(16)6-3-11/h2-7,10H,8-9,17H2,1H3. The second kappa shape index (κ2) is 6.45. The van der Waals surface area contributed by atoms with Gasteiger partial charge in [-0.05, 0) is 35.4 Å². The quantitative estimate of drug-likeness (QED) is 0.671. The van der Waals surface area contributed by atoms with Gasteiger partial charge in [-0.2, -0.15) is 0 Å². The molecule has 0 fully saturated rings. The molecule has 0 bridgehead atoms. The third-order valence-electron chi connectivity index (χ3n) is 2.73. The van der Waals surface area contributed by atoms with E-state index in [2.05, 4.69) is 0 Å². The molecular formula is C15H16ClNO2. The summed E-state index contributed by atoms with van der Waals surface area (Å²) >= 11 is 5.87. The Balaban J connectivity index is 2.16. The summed E-state index contributed by atoms with van der Waals surface area (Å²) in [5.41, 5.74) is 8.70. The van der Waals surface area contributed by atoms with Gasteiger partial charge in [0.25, 0.3) is 0 Å². The van der Waals surface area contributed by atoms with Gasteiger partial charge in [0, 0.05) is 12.1 Å². The van der Waals surface area contributed by atoms with Crippen LogP contribution in [-0.2, 0) is 4.74 Å². The molecule has 0 aliphatic heterocycles. The predicted octanol–water partition coefficient (Wildman–Crippen LogP) is 3.61. The number of hydrogen-bond donors (Lipinski definition) is 1. The molecule has 0 atom stereocenters. The van der Waals surface area contributed by atoms with E-state index in [1.54, 1.807) is 7.11 Å². The summed E-state index contributed by atoms with van der Waals surface area (Å²) in [6, 6.07) is 13.4. The predicted molar refractivity (Wildman–Crippen MR) is 78.7 cm³/mol. The number of methoxy groups -OCH3 is 1. The van der Waals surface area contributed by atoms with Crippen molar-refractivity contribution in [3.63, 3.8) is 0 Å². The highest BCUT2D eigenvalue weighted by atomic mass is 35.5. The number of hydrogen-bond acceptors (Lipinski definition) is 3. The van der Waals surface area contributed by atoms with Crippen LogP contribution in [0.15, 0.2) is 42.5 Å². The summed E-state index contributed by atoms with van der Waals surface area (Å²) in [6.45, 7) is 1.03. The van der Waals surface area contributed by atoms with E-state index in [9.17, 15) is 0 Å². The first-order valence-corrected chi connectivity index (χ1v) is 6.35. The maximum Gasteiger partial charge on any atom is 0.142 e. The molecule has 0 heterocycles. The minimum absolute atomic E-state index is 0.487. The van der Waals surface area contributed by atoms with Gasteiger partial charge in [-0.3, -0.25) is 0 Å². The number of anilines is 1. The van der Waals surface area contributed by atoms with Gasteiger partial charge in [0.2, 0.25) is 0 Å². The third kappa shape index (κ3) is 3.63. The van der Waals surface area contributed by atoms with E-state index in [-0.39, 0.29) is 0 Å². The SMILES string of the molecule is COCCOc1ccc(-c2ccc(Cl)cc2)cc1N. The van der Waals surface area contributed by atoms with E-state index in [1.165, 1.54) is 0 Å². The molecule has 0 amide bonds. The van der Waals surface area contributed by atoms with Gasteiger partial charge in [0.05, 0.1) is 12.3 Å². The fraction of sp³-hybridized carbons (Fsp3) is 0.200. The maximum atomic E-state index is 5.98. The van der Waals surface area contributed by atoms with Crippen LogP contribution in [0.3, 0.4) is 0 Å². The lowest BCUT2D eigenvalue weighted by atomic mass is 10.1. The number of nitrogen functional groups attached to an aromatic ring is 1. The minimum atomic E-state index is 0.487. The molecule has 0 aromatic heterocycles. The number of halogens is 1. The Morgan fingerprint density at radius 3 is 2.32 bits per heavy atom. The molecule has 0 unspecified atom stereocenters. The van der Waals surface area contributed by atoms with Crippen molar-refractivity contribution in [3.05, 3.63) is 47.5 Å². The second-order valence-corrected chi connectivity index (χ2v) is 4.54. The number of benzene rings is 2. The van der Waals surface area contributed by atoms with E-state index in [0.29, 0.717) is 24.7 Å². The molecule has 0 aliphatic rings. The highest BCUT2D eigenvalue weighted by Gasteiger charge is 2.04. The zero-order valence-electron chi connectivity index (χ0n) is 10.7. The van der Waals surface area contributed by atoms with Crippen LogP contribution in [0.5, 0.6) is 5.75 Å². The van der Waals surface area contributed by atoms with Crippen molar-refractivity contribution in [2.75, 3.05) is 26.1 Å². The fourth-order valence-corrected chi connectivity index (χ4v) is 1.86. The van der Waals surface area contributed by atoms with Crippen LogP contribution in [0.25, 0.3) is 11.1 Å². The van der Waals surface area contributed by atoms with Crippen LogP contribution in [0.2, 0.25) is 5.02 Å². The summed E-state index contributed by atoms with van der Waals surface area (Å²) in [5, 5.41) is 0.719. The monoisotopic (exact) mass is 277 g/mol. The number of nitrogens with two attached hydrogens (primary N) is 1. The fourth-order valence-electron chi connectivity index (χ4n) is 1.74. The van der Waals surface area contributed by atoms with E-state index in [0.717, 1.165) is 16.1 Å². The van der Waals surface area contributed by atoms with E-state index >= 15 is 0 Å². The Kier molecular flexibility index (Phi) is 4.66. The highest BCUT2D eigenvalue weighted by Crippen LogP contribution is 2.29. The van der Waals surface area contributed by atoms with Crippen LogP contribution in [0, 0.1) is 0 Å². The van der Waals surface area contributed by atoms with Crippen LogP contribution in [0.4, 0.5) is 5.69 Å². The average Bonchev–Trinajstić information content (AvgIpc) is 2.42. The number of ether oxygens (including phenoxy) is 2. The summed E-state index contributed by atoms with van der Waals surface area (Å²) in [6.07, 6.45) is 0. The first-order chi connectivity index (χ1) is 9.20. The Labute approximate surface area is 117 Å². The highest BCUT2D eigenvalue weighted by molar-refractivity contribution is 6.30. The molecule has 2 rings (SSSR count). The minimum Gasteiger partial charge on any atom is -0.489 e. The van der Waals surface area contributed by atoms with E-state index < -0.39 is 0 Å². The zero-order valence-corrected chi connectivity index (χ0v) is 11.5. The molecule has 2 aromatic carbocycles. The maximum absolute atomic E-state index is 5.98. The second-order valence-electron chi connectivity index (χ2n) is 4.10. The summed E-state index contributed by atoms with van der Waals surface area (Å²) in [7, 11) is 1.64. The molecule has 0 saturated carbocycles. The molecule has 2 aromatic rings. The van der Waals surface area contributed by atoms with Crippen LogP contribution in [0.1, 0.15) is 0 Å². The zero-order chi connectivity index (χ0) is 13.7. The largest absolute Gasteiger partial charge is 0.489 e. The van der Waals surface area contributed by atoms with Crippen molar-refractivity contribution >= 4 is 17.3 Å². The Morgan fingerprint density at radius 2 is 1.68 bits per heavy atom. The third-order valence-corrected chi connectivity index (χ3v) is 2.98. The van der Waals surface area contributed by atoms with Crippen molar-refractivity contribution in [1.29, 1.82) is 0 Å². The van der Waals surface area contributed by atoms with E-state index in [4.69, 9.17) is 26.8 Å². The first-order valence-electron chi connectivity index (χ1n) is 5.98. The van der Waals surface area contributed by atoms with E-state index in [1.807, 2.05) is 42.5 Å². The summed E-state index contributed by atoms with van der Waals surface area (Å²) < 4.78 is 10.4.